The molecule has 0 bridgehead atoms. The monoisotopic (exact) mass is 324 g/mol. The first-order valence-electron chi connectivity index (χ1n) is 8.75. The van der Waals surface area contributed by atoms with Gasteiger partial charge in [0.05, 0.1) is 0 Å². The zero-order valence-corrected chi connectivity index (χ0v) is 14.1. The van der Waals surface area contributed by atoms with Crippen molar-refractivity contribution in [3.63, 3.8) is 0 Å². The van der Waals surface area contributed by atoms with Crippen LogP contribution in [0.3, 0.4) is 0 Å². The van der Waals surface area contributed by atoms with E-state index in [1.807, 2.05) is 40.9 Å². The number of amides is 1. The molecule has 0 unspecified atom stereocenters. The Morgan fingerprint density at radius 3 is 2.67 bits per heavy atom. The number of hydrogen-bond donors (Lipinski definition) is 1. The van der Waals surface area contributed by atoms with Crippen LogP contribution in [0.5, 0.6) is 0 Å². The molecule has 5 nitrogen and oxygen atoms in total. The molecule has 1 aromatic carbocycles. The van der Waals surface area contributed by atoms with E-state index in [1.165, 1.54) is 24.1 Å². The largest absolute Gasteiger partial charge is 0.336 e. The highest BCUT2D eigenvalue weighted by Crippen LogP contribution is 2.40. The lowest BCUT2D eigenvalue weighted by atomic mass is 9.89. The molecule has 2 heterocycles. The van der Waals surface area contributed by atoms with Crippen LogP contribution >= 0.6 is 0 Å². The Kier molecular flexibility index (Phi) is 3.88. The van der Waals surface area contributed by atoms with Crippen molar-refractivity contribution in [1.82, 2.24) is 14.7 Å². The fourth-order valence-corrected chi connectivity index (χ4v) is 3.86. The van der Waals surface area contributed by atoms with Gasteiger partial charge in [0.15, 0.2) is 5.69 Å². The highest BCUT2D eigenvalue weighted by Gasteiger charge is 2.37. The van der Waals surface area contributed by atoms with Gasteiger partial charge in [-0.05, 0) is 36.9 Å². The van der Waals surface area contributed by atoms with Gasteiger partial charge in [-0.2, -0.15) is 5.10 Å². The third kappa shape index (κ3) is 2.73. The van der Waals surface area contributed by atoms with Crippen LogP contribution in [0.25, 0.3) is 0 Å². The van der Waals surface area contributed by atoms with Gasteiger partial charge in [-0.3, -0.25) is 9.48 Å². The summed E-state index contributed by atoms with van der Waals surface area (Å²) in [5.74, 6) is 1.25. The fourth-order valence-electron chi connectivity index (χ4n) is 3.86. The molecule has 1 aliphatic heterocycles. The topological polar surface area (TPSA) is 64.2 Å². The first-order valence-corrected chi connectivity index (χ1v) is 8.75. The van der Waals surface area contributed by atoms with Crippen molar-refractivity contribution in [2.75, 3.05) is 19.6 Å². The first-order chi connectivity index (χ1) is 11.7. The molecule has 24 heavy (non-hydrogen) atoms. The van der Waals surface area contributed by atoms with Crippen molar-refractivity contribution >= 4 is 5.91 Å². The lowest BCUT2D eigenvalue weighted by Gasteiger charge is -2.16. The van der Waals surface area contributed by atoms with Crippen LogP contribution < -0.4 is 5.73 Å². The molecule has 1 amide bonds. The Morgan fingerprint density at radius 1 is 1.25 bits per heavy atom. The second-order valence-corrected chi connectivity index (χ2v) is 7.08. The van der Waals surface area contributed by atoms with E-state index >= 15 is 0 Å². The zero-order chi connectivity index (χ0) is 16.7. The molecule has 2 fully saturated rings. The minimum atomic E-state index is 0.0365. The Bertz CT molecular complexity index is 735. The number of likely N-dealkylation sites (tertiary alicyclic amines) is 1. The van der Waals surface area contributed by atoms with Gasteiger partial charge < -0.3 is 10.6 Å². The smallest absolute Gasteiger partial charge is 0.274 e. The third-order valence-corrected chi connectivity index (χ3v) is 5.39. The Morgan fingerprint density at radius 2 is 2.00 bits per heavy atom. The molecule has 5 heteroatoms. The van der Waals surface area contributed by atoms with Gasteiger partial charge in [0, 0.05) is 37.7 Å². The van der Waals surface area contributed by atoms with Crippen LogP contribution in [0.15, 0.2) is 36.4 Å². The van der Waals surface area contributed by atoms with Crippen molar-refractivity contribution in [2.45, 2.75) is 24.7 Å². The van der Waals surface area contributed by atoms with Crippen LogP contribution in [0.2, 0.25) is 0 Å². The van der Waals surface area contributed by atoms with E-state index in [0.29, 0.717) is 36.5 Å². The Hall–Kier alpha value is -2.14. The summed E-state index contributed by atoms with van der Waals surface area (Å²) in [6.07, 6.45) is 2.42. The van der Waals surface area contributed by atoms with E-state index in [0.717, 1.165) is 6.54 Å². The highest BCUT2D eigenvalue weighted by molar-refractivity contribution is 5.92. The minimum Gasteiger partial charge on any atom is -0.336 e. The molecule has 2 aliphatic rings. The van der Waals surface area contributed by atoms with Gasteiger partial charge in [0.25, 0.3) is 5.91 Å². The maximum atomic E-state index is 12.9. The van der Waals surface area contributed by atoms with Gasteiger partial charge >= 0.3 is 0 Å². The molecule has 1 aromatic heterocycles. The summed E-state index contributed by atoms with van der Waals surface area (Å²) in [5, 5.41) is 4.46. The summed E-state index contributed by atoms with van der Waals surface area (Å²) in [6, 6.07) is 12.4. The molecule has 126 valence electrons. The van der Waals surface area contributed by atoms with E-state index in [2.05, 4.69) is 17.2 Å². The number of aryl methyl sites for hydroxylation is 1. The molecule has 1 saturated carbocycles. The number of benzene rings is 1. The van der Waals surface area contributed by atoms with Crippen LogP contribution in [-0.2, 0) is 7.05 Å². The Balaban J connectivity index is 1.54. The number of hydrogen-bond acceptors (Lipinski definition) is 3. The zero-order valence-electron chi connectivity index (χ0n) is 14.1. The minimum absolute atomic E-state index is 0.0365. The van der Waals surface area contributed by atoms with E-state index in [1.54, 1.807) is 0 Å². The van der Waals surface area contributed by atoms with Gasteiger partial charge in [-0.25, -0.2) is 0 Å². The fraction of sp³-hybridized carbons (Fsp3) is 0.474. The molecular formula is C19H24N4O. The van der Waals surface area contributed by atoms with Crippen molar-refractivity contribution in [3.8, 4) is 0 Å². The number of carbonyl (C=O) groups is 1. The number of nitrogens with zero attached hydrogens (tertiary/aromatic N) is 3. The number of aromatic nitrogens is 2. The number of nitrogens with two attached hydrogens (primary N) is 1. The maximum Gasteiger partial charge on any atom is 0.274 e. The number of rotatable bonds is 4. The van der Waals surface area contributed by atoms with Crippen LogP contribution in [0, 0.1) is 5.92 Å². The van der Waals surface area contributed by atoms with Gasteiger partial charge in [0.1, 0.15) is 0 Å². The van der Waals surface area contributed by atoms with E-state index in [4.69, 9.17) is 5.73 Å². The second-order valence-electron chi connectivity index (χ2n) is 7.08. The molecule has 1 aliphatic carbocycles. The quantitative estimate of drug-likeness (QED) is 0.937. The van der Waals surface area contributed by atoms with E-state index < -0.39 is 0 Å². The van der Waals surface area contributed by atoms with Gasteiger partial charge in [-0.1, -0.05) is 30.3 Å². The molecule has 2 N–H and O–H groups in total. The predicted octanol–water partition coefficient (Wildman–Crippen LogP) is 2.11. The molecular weight excluding hydrogens is 300 g/mol. The maximum absolute atomic E-state index is 12.9. The van der Waals surface area contributed by atoms with Crippen molar-refractivity contribution in [2.24, 2.45) is 18.7 Å². The summed E-state index contributed by atoms with van der Waals surface area (Å²) in [5.41, 5.74) is 9.01. The summed E-state index contributed by atoms with van der Waals surface area (Å²) < 4.78 is 1.87. The van der Waals surface area contributed by atoms with E-state index in [9.17, 15) is 4.79 Å². The SMILES string of the molecule is Cn1nc(C(=O)N2C[C@@H](CN)[C@H](c3ccccc3)C2)cc1C1CC1. The molecule has 4 rings (SSSR count). The van der Waals surface area contributed by atoms with Gasteiger partial charge in [-0.15, -0.1) is 0 Å². The number of carbonyl (C=O) groups excluding carboxylic acids is 1. The summed E-state index contributed by atoms with van der Waals surface area (Å²) in [7, 11) is 1.93. The normalized spacial score (nSPS) is 23.7. The van der Waals surface area contributed by atoms with E-state index in [-0.39, 0.29) is 5.91 Å². The predicted molar refractivity (Wildman–Crippen MR) is 92.8 cm³/mol. The van der Waals surface area contributed by atoms with Crippen LogP contribution in [-0.4, -0.2) is 40.2 Å². The lowest BCUT2D eigenvalue weighted by molar-refractivity contribution is 0.0780. The summed E-state index contributed by atoms with van der Waals surface area (Å²) >= 11 is 0. The van der Waals surface area contributed by atoms with Crippen molar-refractivity contribution in [3.05, 3.63) is 53.3 Å². The average molecular weight is 324 g/mol. The molecule has 0 spiro atoms. The summed E-state index contributed by atoms with van der Waals surface area (Å²) in [4.78, 5) is 14.8. The first kappa shape index (κ1) is 15.4. The highest BCUT2D eigenvalue weighted by atomic mass is 16.2. The van der Waals surface area contributed by atoms with Crippen LogP contribution in [0.4, 0.5) is 0 Å². The molecule has 0 radical (unpaired) electrons. The lowest BCUT2D eigenvalue weighted by Crippen LogP contribution is -2.30. The summed E-state index contributed by atoms with van der Waals surface area (Å²) in [6.45, 7) is 2.03. The average Bonchev–Trinajstić information content (AvgIpc) is 3.24. The standard InChI is InChI=1S/C19H24N4O/c1-22-18(14-7-8-14)9-17(21-22)19(24)23-11-15(10-20)16(12-23)13-5-3-2-4-6-13/h2-6,9,14-16H,7-8,10-12,20H2,1H3/t15-,16+/m1/s1. The third-order valence-electron chi connectivity index (χ3n) is 5.39. The molecule has 1 saturated heterocycles. The van der Waals surface area contributed by atoms with Crippen molar-refractivity contribution in [1.29, 1.82) is 0 Å². The second kappa shape index (κ2) is 6.06. The van der Waals surface area contributed by atoms with Crippen molar-refractivity contribution < 1.29 is 4.79 Å². The van der Waals surface area contributed by atoms with Gasteiger partial charge in [0.2, 0.25) is 0 Å². The van der Waals surface area contributed by atoms with Crippen LogP contribution in [0.1, 0.15) is 46.4 Å². The molecule has 2 aromatic rings. The molecule has 2 atom stereocenters. The Labute approximate surface area is 142 Å².